The second kappa shape index (κ2) is 7.57. The molecule has 0 saturated carbocycles. The Morgan fingerprint density at radius 2 is 2.18 bits per heavy atom. The van der Waals surface area contributed by atoms with Crippen LogP contribution < -0.4 is 0 Å². The number of carbonyl (C=O) groups excluding carboxylic acids is 1. The Hall–Kier alpha value is -0.910. The van der Waals surface area contributed by atoms with Crippen molar-refractivity contribution in [3.8, 4) is 0 Å². The van der Waals surface area contributed by atoms with E-state index in [4.69, 9.17) is 4.74 Å². The molecule has 0 aromatic carbocycles. The third kappa shape index (κ3) is 3.70. The number of ether oxygens (including phenoxy) is 1. The van der Waals surface area contributed by atoms with E-state index in [1.54, 1.807) is 11.3 Å². The molecule has 2 atom stereocenters. The van der Waals surface area contributed by atoms with E-state index in [0.717, 1.165) is 52.2 Å². The summed E-state index contributed by atoms with van der Waals surface area (Å²) in [6, 6.07) is 2.65. The molecule has 2 fully saturated rings. The van der Waals surface area contributed by atoms with Gasteiger partial charge in [-0.2, -0.15) is 11.3 Å². The number of hydrogen-bond acceptors (Lipinski definition) is 4. The Balaban J connectivity index is 1.54. The zero-order valence-electron chi connectivity index (χ0n) is 13.4. The largest absolute Gasteiger partial charge is 0.379 e. The number of morpholine rings is 1. The molecular formula is C17H26N2O2S. The molecule has 4 nitrogen and oxygen atoms in total. The Kier molecular flexibility index (Phi) is 5.50. The molecule has 3 rings (SSSR count). The van der Waals surface area contributed by atoms with Crippen molar-refractivity contribution in [3.05, 3.63) is 22.4 Å². The molecule has 2 saturated heterocycles. The minimum Gasteiger partial charge on any atom is -0.379 e. The fourth-order valence-corrected chi connectivity index (χ4v) is 4.33. The highest BCUT2D eigenvalue weighted by Gasteiger charge is 2.37. The number of amides is 1. The van der Waals surface area contributed by atoms with Crippen molar-refractivity contribution in [3.63, 3.8) is 0 Å². The van der Waals surface area contributed by atoms with Crippen molar-refractivity contribution in [1.82, 2.24) is 9.80 Å². The Morgan fingerprint density at radius 1 is 1.36 bits per heavy atom. The number of rotatable bonds is 5. The van der Waals surface area contributed by atoms with Crippen molar-refractivity contribution < 1.29 is 9.53 Å². The lowest BCUT2D eigenvalue weighted by atomic mass is 9.99. The lowest BCUT2D eigenvalue weighted by Gasteiger charge is -2.34. The maximum absolute atomic E-state index is 12.5. The van der Waals surface area contributed by atoms with E-state index < -0.39 is 0 Å². The van der Waals surface area contributed by atoms with Gasteiger partial charge in [0.1, 0.15) is 0 Å². The Morgan fingerprint density at radius 3 is 2.86 bits per heavy atom. The van der Waals surface area contributed by atoms with Crippen LogP contribution in [0.5, 0.6) is 0 Å². The zero-order valence-corrected chi connectivity index (χ0v) is 14.2. The lowest BCUT2D eigenvalue weighted by molar-refractivity contribution is -0.130. The standard InChI is InChI=1S/C17H26N2O2S/c1-2-15-11-19(12-16(15)18-6-8-21-9-7-18)17(20)4-3-14-5-10-22-13-14/h5,10,13,15-16H,2-4,6-9,11-12H2,1H3/t15-,16+/m1/s1. The third-order valence-corrected chi connectivity index (χ3v) is 5.74. The highest BCUT2D eigenvalue weighted by atomic mass is 32.1. The highest BCUT2D eigenvalue weighted by Crippen LogP contribution is 2.26. The van der Waals surface area contributed by atoms with Gasteiger partial charge in [0.15, 0.2) is 0 Å². The van der Waals surface area contributed by atoms with Crippen LogP contribution in [0.25, 0.3) is 0 Å². The molecule has 122 valence electrons. The smallest absolute Gasteiger partial charge is 0.222 e. The van der Waals surface area contributed by atoms with Crippen molar-refractivity contribution in [2.24, 2.45) is 5.92 Å². The van der Waals surface area contributed by atoms with Crippen LogP contribution in [0.15, 0.2) is 16.8 Å². The molecule has 0 bridgehead atoms. The summed E-state index contributed by atoms with van der Waals surface area (Å²) in [6.07, 6.45) is 2.66. The fraction of sp³-hybridized carbons (Fsp3) is 0.706. The summed E-state index contributed by atoms with van der Waals surface area (Å²) in [6.45, 7) is 7.77. The quantitative estimate of drug-likeness (QED) is 0.833. The van der Waals surface area contributed by atoms with Gasteiger partial charge in [-0.05, 0) is 34.7 Å². The molecule has 1 amide bonds. The van der Waals surface area contributed by atoms with Gasteiger partial charge in [-0.25, -0.2) is 0 Å². The number of likely N-dealkylation sites (tertiary alicyclic amines) is 1. The van der Waals surface area contributed by atoms with Crippen LogP contribution in [0.4, 0.5) is 0 Å². The average Bonchev–Trinajstić information content (AvgIpc) is 3.22. The molecule has 5 heteroatoms. The summed E-state index contributed by atoms with van der Waals surface area (Å²) in [4.78, 5) is 17.1. The number of carbonyl (C=O) groups is 1. The van der Waals surface area contributed by atoms with Crippen LogP contribution in [-0.2, 0) is 16.0 Å². The number of nitrogens with zero attached hydrogens (tertiary/aromatic N) is 2. The molecule has 0 aliphatic carbocycles. The average molecular weight is 322 g/mol. The van der Waals surface area contributed by atoms with Crippen LogP contribution >= 0.6 is 11.3 Å². The SMILES string of the molecule is CC[C@@H]1CN(C(=O)CCc2ccsc2)C[C@@H]1N1CCOCC1. The highest BCUT2D eigenvalue weighted by molar-refractivity contribution is 7.07. The minimum atomic E-state index is 0.320. The summed E-state index contributed by atoms with van der Waals surface area (Å²) in [5.74, 6) is 0.934. The second-order valence-electron chi connectivity index (χ2n) is 6.31. The molecule has 1 aromatic rings. The third-order valence-electron chi connectivity index (χ3n) is 5.01. The molecule has 0 N–H and O–H groups in total. The van der Waals surface area contributed by atoms with Gasteiger partial charge in [-0.3, -0.25) is 9.69 Å². The van der Waals surface area contributed by atoms with Crippen LogP contribution in [-0.4, -0.2) is 61.1 Å². The molecule has 0 unspecified atom stereocenters. The van der Waals surface area contributed by atoms with Crippen LogP contribution in [0, 0.1) is 5.92 Å². The van der Waals surface area contributed by atoms with Gasteiger partial charge in [-0.15, -0.1) is 0 Å². The number of thiophene rings is 1. The van der Waals surface area contributed by atoms with Crippen LogP contribution in [0.1, 0.15) is 25.3 Å². The van der Waals surface area contributed by atoms with E-state index in [1.807, 2.05) is 0 Å². The van der Waals surface area contributed by atoms with Crippen molar-refractivity contribution in [2.75, 3.05) is 39.4 Å². The maximum atomic E-state index is 12.5. The number of hydrogen-bond donors (Lipinski definition) is 0. The topological polar surface area (TPSA) is 32.8 Å². The zero-order chi connectivity index (χ0) is 15.4. The van der Waals surface area contributed by atoms with Crippen molar-refractivity contribution in [1.29, 1.82) is 0 Å². The molecular weight excluding hydrogens is 296 g/mol. The summed E-state index contributed by atoms with van der Waals surface area (Å²) < 4.78 is 5.46. The van der Waals surface area contributed by atoms with Gasteiger partial charge >= 0.3 is 0 Å². The van der Waals surface area contributed by atoms with E-state index in [1.165, 1.54) is 5.56 Å². The Labute approximate surface area is 137 Å². The van der Waals surface area contributed by atoms with Crippen LogP contribution in [0.2, 0.25) is 0 Å². The molecule has 2 aliphatic rings. The first-order chi connectivity index (χ1) is 10.8. The van der Waals surface area contributed by atoms with Crippen molar-refractivity contribution in [2.45, 2.75) is 32.2 Å². The Bertz CT molecular complexity index is 471. The molecule has 1 aromatic heterocycles. The van der Waals surface area contributed by atoms with Gasteiger partial charge in [-0.1, -0.05) is 13.3 Å². The van der Waals surface area contributed by atoms with Gasteiger partial charge in [0.2, 0.25) is 5.91 Å². The van der Waals surface area contributed by atoms with E-state index in [9.17, 15) is 4.79 Å². The maximum Gasteiger partial charge on any atom is 0.222 e. The molecule has 0 spiro atoms. The summed E-state index contributed by atoms with van der Waals surface area (Å²) >= 11 is 1.70. The van der Waals surface area contributed by atoms with E-state index in [2.05, 4.69) is 33.6 Å². The van der Waals surface area contributed by atoms with Crippen molar-refractivity contribution >= 4 is 17.2 Å². The first-order valence-corrected chi connectivity index (χ1v) is 9.33. The minimum absolute atomic E-state index is 0.320. The van der Waals surface area contributed by atoms with Gasteiger partial charge in [0, 0.05) is 38.6 Å². The first kappa shape index (κ1) is 16.0. The lowest BCUT2D eigenvalue weighted by Crippen LogP contribution is -2.47. The molecule has 22 heavy (non-hydrogen) atoms. The van der Waals surface area contributed by atoms with E-state index >= 15 is 0 Å². The van der Waals surface area contributed by atoms with Gasteiger partial charge in [0.25, 0.3) is 0 Å². The van der Waals surface area contributed by atoms with Gasteiger partial charge in [0.05, 0.1) is 13.2 Å². The molecule has 2 aliphatic heterocycles. The summed E-state index contributed by atoms with van der Waals surface area (Å²) in [7, 11) is 0. The van der Waals surface area contributed by atoms with E-state index in [-0.39, 0.29) is 0 Å². The fourth-order valence-electron chi connectivity index (χ4n) is 3.63. The van der Waals surface area contributed by atoms with Crippen LogP contribution in [0.3, 0.4) is 0 Å². The number of aryl methyl sites for hydroxylation is 1. The first-order valence-electron chi connectivity index (χ1n) is 8.38. The predicted molar refractivity (Wildman–Crippen MR) is 89.2 cm³/mol. The summed E-state index contributed by atoms with van der Waals surface area (Å²) in [5.41, 5.74) is 1.29. The monoisotopic (exact) mass is 322 g/mol. The van der Waals surface area contributed by atoms with E-state index in [0.29, 0.717) is 24.3 Å². The second-order valence-corrected chi connectivity index (χ2v) is 7.09. The predicted octanol–water partition coefficient (Wildman–Crippen LogP) is 2.25. The molecule has 0 radical (unpaired) electrons. The molecule has 3 heterocycles. The normalized spacial score (nSPS) is 26.5. The van der Waals surface area contributed by atoms with Gasteiger partial charge < -0.3 is 9.64 Å². The summed E-state index contributed by atoms with van der Waals surface area (Å²) in [5, 5.41) is 4.22.